The summed E-state index contributed by atoms with van der Waals surface area (Å²) < 4.78 is 12.1. The lowest BCUT2D eigenvalue weighted by molar-refractivity contribution is 0.0182. The molecule has 0 N–H and O–H groups in total. The smallest absolute Gasteiger partial charge is 0.417 e. The van der Waals surface area contributed by atoms with Crippen LogP contribution in [0.5, 0.6) is 0 Å². The highest BCUT2D eigenvalue weighted by molar-refractivity contribution is 7.21. The summed E-state index contributed by atoms with van der Waals surface area (Å²) in [6.45, 7) is 12.2. The Bertz CT molecular complexity index is 1740. The Morgan fingerprint density at radius 3 is 2.17 bits per heavy atom. The highest BCUT2D eigenvalue weighted by atomic mass is 35.5. The van der Waals surface area contributed by atoms with Crippen LogP contribution in [0.25, 0.3) is 32.2 Å². The molecular weight excluding hydrogens is 599 g/mol. The van der Waals surface area contributed by atoms with Gasteiger partial charge in [-0.2, -0.15) is 0 Å². The van der Waals surface area contributed by atoms with Crippen LogP contribution in [0.3, 0.4) is 0 Å². The van der Waals surface area contributed by atoms with Crippen LogP contribution in [0.1, 0.15) is 58.1 Å². The number of carbonyl (C=O) groups excluding carboxylic acids is 3. The van der Waals surface area contributed by atoms with Crippen molar-refractivity contribution in [2.75, 3.05) is 11.4 Å². The van der Waals surface area contributed by atoms with E-state index in [9.17, 15) is 14.4 Å². The molecule has 0 saturated heterocycles. The van der Waals surface area contributed by atoms with Crippen LogP contribution in [0.15, 0.2) is 36.4 Å². The number of pyridine rings is 2. The lowest BCUT2D eigenvalue weighted by Crippen LogP contribution is -2.49. The van der Waals surface area contributed by atoms with Crippen molar-refractivity contribution in [2.24, 2.45) is 0 Å². The van der Waals surface area contributed by atoms with Crippen molar-refractivity contribution < 1.29 is 23.9 Å². The quantitative estimate of drug-likeness (QED) is 0.195. The molecule has 9 nitrogen and oxygen atoms in total. The first-order chi connectivity index (χ1) is 19.5. The van der Waals surface area contributed by atoms with Gasteiger partial charge in [0.15, 0.2) is 0 Å². The molecule has 0 fully saturated rings. The van der Waals surface area contributed by atoms with Crippen LogP contribution in [-0.4, -0.2) is 56.8 Å². The van der Waals surface area contributed by atoms with E-state index >= 15 is 0 Å². The van der Waals surface area contributed by atoms with Gasteiger partial charge in [-0.3, -0.25) is 9.69 Å². The summed E-state index contributed by atoms with van der Waals surface area (Å²) >= 11 is 13.4. The molecule has 1 atom stereocenters. The minimum absolute atomic E-state index is 0.00857. The Hall–Kier alpha value is -3.47. The fourth-order valence-corrected chi connectivity index (χ4v) is 6.38. The molecule has 0 saturated carbocycles. The second kappa shape index (κ2) is 10.7. The zero-order valence-electron chi connectivity index (χ0n) is 24.2. The van der Waals surface area contributed by atoms with Gasteiger partial charge in [-0.1, -0.05) is 23.2 Å². The number of hydrogen-bond donors (Lipinski definition) is 0. The predicted octanol–water partition coefficient (Wildman–Crippen LogP) is 8.34. The number of hydrogen-bond acceptors (Lipinski definition) is 8. The Morgan fingerprint density at radius 2 is 1.55 bits per heavy atom. The number of fused-ring (bicyclic) bond motifs is 5. The van der Waals surface area contributed by atoms with Gasteiger partial charge in [0.25, 0.3) is 5.91 Å². The number of amides is 3. The predicted molar refractivity (Wildman–Crippen MR) is 166 cm³/mol. The van der Waals surface area contributed by atoms with Crippen molar-refractivity contribution in [3.05, 3.63) is 51.6 Å². The number of benzene rings is 1. The maximum atomic E-state index is 14.0. The van der Waals surface area contributed by atoms with Crippen molar-refractivity contribution in [1.29, 1.82) is 0 Å². The van der Waals surface area contributed by atoms with E-state index in [4.69, 9.17) is 37.7 Å². The van der Waals surface area contributed by atoms with E-state index in [1.165, 1.54) is 16.2 Å². The number of anilines is 1. The highest BCUT2D eigenvalue weighted by Crippen LogP contribution is 2.45. The first-order valence-corrected chi connectivity index (χ1v) is 14.9. The SMILES string of the molecule is C[C@@H]1CN(C(=O)OC(C)(C)C)c2c(sc3ccc4nc(-c5cc(Cl)nc(Cl)c5)ccc4c23)C(=O)N1C(=O)OC(C)(C)C. The van der Waals surface area contributed by atoms with Crippen LogP contribution in [0.4, 0.5) is 15.3 Å². The second-order valence-corrected chi connectivity index (χ2v) is 13.9. The minimum Gasteiger partial charge on any atom is -0.443 e. The molecule has 0 radical (unpaired) electrons. The first-order valence-electron chi connectivity index (χ1n) is 13.3. The van der Waals surface area contributed by atoms with Crippen molar-refractivity contribution in [3.8, 4) is 11.3 Å². The summed E-state index contributed by atoms with van der Waals surface area (Å²) in [6.07, 6.45) is -1.41. The molecular formula is C30H30Cl2N4O5S. The summed E-state index contributed by atoms with van der Waals surface area (Å²) in [5, 5.41) is 1.87. The van der Waals surface area contributed by atoms with Crippen molar-refractivity contribution in [1.82, 2.24) is 14.9 Å². The highest BCUT2D eigenvalue weighted by Gasteiger charge is 2.42. The van der Waals surface area contributed by atoms with Gasteiger partial charge in [-0.05, 0) is 84.9 Å². The van der Waals surface area contributed by atoms with Crippen molar-refractivity contribution >= 4 is 79.3 Å². The molecule has 4 aromatic rings. The molecule has 5 rings (SSSR count). The number of halogens is 2. The lowest BCUT2D eigenvalue weighted by Gasteiger charge is -2.31. The van der Waals surface area contributed by atoms with Gasteiger partial charge in [-0.15, -0.1) is 11.3 Å². The monoisotopic (exact) mass is 628 g/mol. The van der Waals surface area contributed by atoms with Gasteiger partial charge >= 0.3 is 12.2 Å². The van der Waals surface area contributed by atoms with E-state index in [-0.39, 0.29) is 21.7 Å². The first kappa shape index (κ1) is 30.0. The third-order valence-corrected chi connectivity index (χ3v) is 7.85. The minimum atomic E-state index is -0.819. The van der Waals surface area contributed by atoms with Gasteiger partial charge in [0, 0.05) is 21.0 Å². The Balaban J connectivity index is 1.73. The molecule has 0 aliphatic carbocycles. The van der Waals surface area contributed by atoms with Crippen LogP contribution >= 0.6 is 34.5 Å². The van der Waals surface area contributed by atoms with Crippen LogP contribution in [0, 0.1) is 0 Å². The van der Waals surface area contributed by atoms with Gasteiger partial charge in [0.2, 0.25) is 0 Å². The fourth-order valence-electron chi connectivity index (χ4n) is 4.76. The molecule has 0 unspecified atom stereocenters. The summed E-state index contributed by atoms with van der Waals surface area (Å²) in [5.41, 5.74) is 0.710. The lowest BCUT2D eigenvalue weighted by atomic mass is 10.1. The van der Waals surface area contributed by atoms with Gasteiger partial charge in [0.1, 0.15) is 26.4 Å². The molecule has 4 heterocycles. The number of carbonyl (C=O) groups is 3. The second-order valence-electron chi connectivity index (χ2n) is 12.1. The Kier molecular flexibility index (Phi) is 7.62. The van der Waals surface area contributed by atoms with Gasteiger partial charge in [-0.25, -0.2) is 24.5 Å². The maximum absolute atomic E-state index is 14.0. The molecule has 220 valence electrons. The van der Waals surface area contributed by atoms with Crippen molar-refractivity contribution in [2.45, 2.75) is 65.7 Å². The van der Waals surface area contributed by atoms with E-state index in [1.54, 1.807) is 60.6 Å². The summed E-state index contributed by atoms with van der Waals surface area (Å²) in [7, 11) is 0. The maximum Gasteiger partial charge on any atom is 0.417 e. The molecule has 3 amide bonds. The molecule has 1 aliphatic heterocycles. The Morgan fingerprint density at radius 1 is 0.929 bits per heavy atom. The number of aromatic nitrogens is 2. The van der Waals surface area contributed by atoms with Crippen LogP contribution in [-0.2, 0) is 9.47 Å². The van der Waals surface area contributed by atoms with E-state index in [1.807, 2.05) is 24.3 Å². The molecule has 1 aliphatic rings. The summed E-state index contributed by atoms with van der Waals surface area (Å²) in [4.78, 5) is 52.6. The summed E-state index contributed by atoms with van der Waals surface area (Å²) in [6, 6.07) is 10.0. The molecule has 42 heavy (non-hydrogen) atoms. The number of ether oxygens (including phenoxy) is 2. The molecule has 1 aromatic carbocycles. The molecule has 12 heteroatoms. The zero-order chi connectivity index (χ0) is 30.7. The standard InChI is InChI=1S/C30H30Cl2N4O5S/c1-15-14-35(27(38)40-29(2,3)4)24-23-17-8-9-18(16-12-21(31)34-22(32)13-16)33-19(17)10-11-20(23)42-25(24)26(37)36(15)28(39)41-30(5,6)7/h8-13,15H,14H2,1-7H3/t15-/m1/s1. The largest absolute Gasteiger partial charge is 0.443 e. The average Bonchev–Trinajstić information content (AvgIpc) is 3.19. The molecule has 3 aromatic heterocycles. The zero-order valence-corrected chi connectivity index (χ0v) is 26.6. The average molecular weight is 630 g/mol. The number of rotatable bonds is 1. The number of thiophene rings is 1. The van der Waals surface area contributed by atoms with Crippen LogP contribution < -0.4 is 4.90 Å². The molecule has 0 bridgehead atoms. The summed E-state index contributed by atoms with van der Waals surface area (Å²) in [5.74, 6) is -0.544. The van der Waals surface area contributed by atoms with Gasteiger partial charge in [0.05, 0.1) is 29.5 Å². The fraction of sp³-hybridized carbons (Fsp3) is 0.367. The third kappa shape index (κ3) is 5.88. The number of imide groups is 1. The third-order valence-electron chi connectivity index (χ3n) is 6.33. The Labute approximate surface area is 257 Å². The normalized spacial score (nSPS) is 16.0. The van der Waals surface area contributed by atoms with E-state index < -0.39 is 35.3 Å². The molecule has 0 spiro atoms. The topological polar surface area (TPSA) is 102 Å². The van der Waals surface area contributed by atoms with E-state index in [0.717, 1.165) is 15.0 Å². The van der Waals surface area contributed by atoms with Crippen molar-refractivity contribution in [3.63, 3.8) is 0 Å². The number of nitrogens with zero attached hydrogens (tertiary/aromatic N) is 4. The van der Waals surface area contributed by atoms with Gasteiger partial charge < -0.3 is 9.47 Å². The van der Waals surface area contributed by atoms with E-state index in [2.05, 4.69) is 4.98 Å². The van der Waals surface area contributed by atoms with E-state index in [0.29, 0.717) is 27.8 Å². The van der Waals surface area contributed by atoms with Crippen LogP contribution in [0.2, 0.25) is 10.3 Å².